The van der Waals surface area contributed by atoms with Crippen molar-refractivity contribution in [2.75, 3.05) is 13.2 Å². The van der Waals surface area contributed by atoms with E-state index in [0.29, 0.717) is 19.4 Å². The number of carbonyl (C=O) groups is 2. The minimum atomic E-state index is -0.590. The number of esters is 2. The van der Waals surface area contributed by atoms with E-state index < -0.39 is 40.8 Å². The van der Waals surface area contributed by atoms with E-state index in [9.17, 15) is 9.59 Å². The highest BCUT2D eigenvalue weighted by atomic mass is 16.7. The first-order valence-corrected chi connectivity index (χ1v) is 13.3. The van der Waals surface area contributed by atoms with Gasteiger partial charge in [0.15, 0.2) is 6.29 Å². The predicted octanol–water partition coefficient (Wildman–Crippen LogP) is 3.71. The molecule has 0 aromatic carbocycles. The van der Waals surface area contributed by atoms with Crippen LogP contribution in [0.1, 0.15) is 53.4 Å². The highest BCUT2D eigenvalue weighted by Crippen LogP contribution is 2.72. The maximum Gasteiger partial charge on any atom is 0.331 e. The zero-order chi connectivity index (χ0) is 26.0. The second-order valence-corrected chi connectivity index (χ2v) is 11.7. The number of fused-ring (bicyclic) bond motifs is 2. The molecule has 3 unspecified atom stereocenters. The van der Waals surface area contributed by atoms with Gasteiger partial charge in [-0.25, -0.2) is 9.59 Å². The second kappa shape index (κ2) is 8.90. The average molecular weight is 513 g/mol. The summed E-state index contributed by atoms with van der Waals surface area (Å²) in [5, 5.41) is 0. The van der Waals surface area contributed by atoms with Gasteiger partial charge < -0.3 is 28.4 Å². The van der Waals surface area contributed by atoms with Crippen LogP contribution in [-0.2, 0) is 38.0 Å². The van der Waals surface area contributed by atoms with Crippen molar-refractivity contribution >= 4 is 11.9 Å². The smallest absolute Gasteiger partial charge is 0.331 e. The van der Waals surface area contributed by atoms with Crippen LogP contribution in [0, 0.1) is 10.8 Å². The van der Waals surface area contributed by atoms with E-state index in [1.807, 2.05) is 19.9 Å². The number of rotatable bonds is 0. The fourth-order valence-electron chi connectivity index (χ4n) is 7.32. The van der Waals surface area contributed by atoms with E-state index in [1.165, 1.54) is 17.7 Å². The van der Waals surface area contributed by atoms with Gasteiger partial charge in [0.1, 0.15) is 24.4 Å². The average Bonchev–Trinajstić information content (AvgIpc) is 3.54. The maximum atomic E-state index is 13.0. The third-order valence-electron chi connectivity index (χ3n) is 9.58. The van der Waals surface area contributed by atoms with Crippen molar-refractivity contribution in [3.05, 3.63) is 47.6 Å². The van der Waals surface area contributed by atoms with E-state index in [0.717, 1.165) is 18.4 Å². The molecule has 3 saturated heterocycles. The molecule has 0 amide bonds. The number of ether oxygens (including phenoxy) is 6. The van der Waals surface area contributed by atoms with Crippen molar-refractivity contribution in [3.63, 3.8) is 0 Å². The Balaban J connectivity index is 1.37. The Morgan fingerprint density at radius 2 is 1.78 bits per heavy atom. The van der Waals surface area contributed by atoms with Gasteiger partial charge in [0.05, 0.1) is 30.3 Å². The maximum absolute atomic E-state index is 13.0. The molecule has 4 fully saturated rings. The molecule has 9 atom stereocenters. The van der Waals surface area contributed by atoms with Gasteiger partial charge in [0.2, 0.25) is 0 Å². The number of hydrogen-bond donors (Lipinski definition) is 0. The van der Waals surface area contributed by atoms with Crippen LogP contribution in [0.15, 0.2) is 47.6 Å². The van der Waals surface area contributed by atoms with E-state index in [-0.39, 0.29) is 31.0 Å². The van der Waals surface area contributed by atoms with Crippen molar-refractivity contribution < 1.29 is 38.0 Å². The Morgan fingerprint density at radius 1 is 0.973 bits per heavy atom. The molecule has 8 nitrogen and oxygen atoms in total. The van der Waals surface area contributed by atoms with Crippen LogP contribution in [0.25, 0.3) is 0 Å². The van der Waals surface area contributed by atoms with Gasteiger partial charge in [-0.05, 0) is 33.6 Å². The molecule has 200 valence electrons. The number of cyclic esters (lactones) is 1. The van der Waals surface area contributed by atoms with Crippen molar-refractivity contribution in [2.45, 2.75) is 95.8 Å². The molecule has 2 aliphatic carbocycles. The summed E-state index contributed by atoms with van der Waals surface area (Å²) >= 11 is 0. The van der Waals surface area contributed by atoms with Crippen LogP contribution < -0.4 is 0 Å². The first kappa shape index (κ1) is 25.0. The second-order valence-electron chi connectivity index (χ2n) is 11.7. The highest BCUT2D eigenvalue weighted by molar-refractivity contribution is 5.83. The highest BCUT2D eigenvalue weighted by Gasteiger charge is 2.83. The zero-order valence-electron chi connectivity index (χ0n) is 21.9. The Kier molecular flexibility index (Phi) is 6.02. The quantitative estimate of drug-likeness (QED) is 0.276. The van der Waals surface area contributed by atoms with Crippen LogP contribution in [-0.4, -0.2) is 67.6 Å². The molecular formula is C29H36O8. The van der Waals surface area contributed by atoms with Crippen molar-refractivity contribution in [1.29, 1.82) is 0 Å². The minimum Gasteiger partial charge on any atom is -0.462 e. The van der Waals surface area contributed by atoms with Gasteiger partial charge in [-0.15, -0.1) is 0 Å². The molecule has 2 spiro atoms. The standard InChI is InChI=1S/C29H36O8/c1-17-9-10-28-15-32-25(31)12-18(2)13-26-34-19(3)20(35-26)7-5-6-8-24(30)37-21-14-23(36-22(28)11-17)29(16-33-29)27(21,28)4/h5-8,11-12,19-23,26H,9-10,13-16H2,1-4H3/b7-5+,8-6-,18-12-/t19?,20?,21-,22-,23-,26?,27-,28-,29+/m1/s1. The van der Waals surface area contributed by atoms with Crippen molar-refractivity contribution in [2.24, 2.45) is 10.8 Å². The van der Waals surface area contributed by atoms with Crippen LogP contribution in [0.2, 0.25) is 0 Å². The molecule has 4 aliphatic heterocycles. The number of hydrogen-bond acceptors (Lipinski definition) is 8. The molecule has 4 bridgehead atoms. The fourth-order valence-corrected chi connectivity index (χ4v) is 7.32. The summed E-state index contributed by atoms with van der Waals surface area (Å²) < 4.78 is 36.8. The van der Waals surface area contributed by atoms with Crippen molar-refractivity contribution in [1.82, 2.24) is 0 Å². The summed E-state index contributed by atoms with van der Waals surface area (Å²) in [6, 6.07) is 0. The van der Waals surface area contributed by atoms with E-state index >= 15 is 0 Å². The van der Waals surface area contributed by atoms with Crippen LogP contribution in [0.3, 0.4) is 0 Å². The third kappa shape index (κ3) is 3.87. The number of allylic oxidation sites excluding steroid dienone is 3. The Hall–Kier alpha value is -2.26. The minimum absolute atomic E-state index is 0.147. The number of epoxide rings is 1. The molecule has 4 heterocycles. The summed E-state index contributed by atoms with van der Waals surface area (Å²) in [4.78, 5) is 26.0. The first-order valence-electron chi connectivity index (χ1n) is 13.3. The van der Waals surface area contributed by atoms with Gasteiger partial charge in [-0.2, -0.15) is 0 Å². The number of carbonyl (C=O) groups excluding carboxylic acids is 2. The van der Waals surface area contributed by atoms with Gasteiger partial charge in [-0.3, -0.25) is 0 Å². The molecule has 0 N–H and O–H groups in total. The first-order chi connectivity index (χ1) is 17.7. The zero-order valence-corrected chi connectivity index (χ0v) is 21.9. The van der Waals surface area contributed by atoms with Gasteiger partial charge in [-0.1, -0.05) is 42.4 Å². The van der Waals surface area contributed by atoms with Crippen molar-refractivity contribution in [3.8, 4) is 0 Å². The molecule has 0 aromatic heterocycles. The third-order valence-corrected chi connectivity index (χ3v) is 9.58. The Labute approximate surface area is 217 Å². The summed E-state index contributed by atoms with van der Waals surface area (Å²) in [6.45, 7) is 8.77. The lowest BCUT2D eigenvalue weighted by Gasteiger charge is -2.58. The molecule has 6 aliphatic rings. The summed E-state index contributed by atoms with van der Waals surface area (Å²) in [5.41, 5.74) is 0.362. The van der Waals surface area contributed by atoms with E-state index in [1.54, 1.807) is 12.2 Å². The molecule has 37 heavy (non-hydrogen) atoms. The van der Waals surface area contributed by atoms with Gasteiger partial charge >= 0.3 is 11.9 Å². The Bertz CT molecular complexity index is 1100. The van der Waals surface area contributed by atoms with E-state index in [4.69, 9.17) is 28.4 Å². The van der Waals surface area contributed by atoms with E-state index in [2.05, 4.69) is 19.9 Å². The summed E-state index contributed by atoms with van der Waals surface area (Å²) in [5.74, 6) is -0.828. The Morgan fingerprint density at radius 3 is 2.57 bits per heavy atom. The SMILES string of the molecule is CC1=C[C@H]2O[C@@H]3C[C@H]4OC(=O)/C=C\C=C\C5OC(C/C(C)=C\C(=O)OC[C@@]2(CC1)[C@]4(C)[C@]31CO1)OC5C. The topological polar surface area (TPSA) is 92.8 Å². The molecular weight excluding hydrogens is 476 g/mol. The summed E-state index contributed by atoms with van der Waals surface area (Å²) in [6.07, 6.45) is 11.3. The molecule has 8 heteroatoms. The monoisotopic (exact) mass is 512 g/mol. The summed E-state index contributed by atoms with van der Waals surface area (Å²) in [7, 11) is 0. The van der Waals surface area contributed by atoms with Crippen LogP contribution in [0.4, 0.5) is 0 Å². The lowest BCUT2D eigenvalue weighted by molar-refractivity contribution is -0.232. The predicted molar refractivity (Wildman–Crippen MR) is 132 cm³/mol. The lowest BCUT2D eigenvalue weighted by atomic mass is 9.51. The molecule has 6 rings (SSSR count). The molecule has 1 saturated carbocycles. The van der Waals surface area contributed by atoms with Crippen LogP contribution in [0.5, 0.6) is 0 Å². The largest absolute Gasteiger partial charge is 0.462 e. The van der Waals surface area contributed by atoms with Gasteiger partial charge in [0.25, 0.3) is 0 Å². The molecule has 0 aromatic rings. The van der Waals surface area contributed by atoms with Crippen LogP contribution >= 0.6 is 0 Å². The molecule has 0 radical (unpaired) electrons. The fraction of sp³-hybridized carbons (Fsp3) is 0.655. The normalized spacial score (nSPS) is 50.5. The lowest BCUT2D eigenvalue weighted by Crippen LogP contribution is -2.66. The van der Waals surface area contributed by atoms with Gasteiger partial charge in [0, 0.05) is 30.4 Å².